The highest BCUT2D eigenvalue weighted by Crippen LogP contribution is 2.26. The fraction of sp³-hybridized carbons (Fsp3) is 0.750. The lowest BCUT2D eigenvalue weighted by molar-refractivity contribution is -0.158. The Labute approximate surface area is 221 Å². The number of imide groups is 1. The molecule has 2 N–H and O–H groups in total. The lowest BCUT2D eigenvalue weighted by atomic mass is 10.1. The summed E-state index contributed by atoms with van der Waals surface area (Å²) in [5, 5.41) is 4.17. The van der Waals surface area contributed by atoms with Crippen LogP contribution in [-0.2, 0) is 33.4 Å². The smallest absolute Gasteiger partial charge is 0.408 e. The van der Waals surface area contributed by atoms with Crippen LogP contribution >= 0.6 is 11.8 Å². The van der Waals surface area contributed by atoms with E-state index >= 15 is 0 Å². The summed E-state index contributed by atoms with van der Waals surface area (Å²) in [5.41, 5.74) is -2.41. The number of esters is 2. The molecule has 0 saturated carbocycles. The van der Waals surface area contributed by atoms with E-state index in [0.29, 0.717) is 0 Å². The molecule has 37 heavy (non-hydrogen) atoms. The first kappa shape index (κ1) is 32.2. The van der Waals surface area contributed by atoms with Crippen molar-refractivity contribution in [2.24, 2.45) is 0 Å². The molecule has 1 aliphatic heterocycles. The maximum Gasteiger partial charge on any atom is 0.408 e. The van der Waals surface area contributed by atoms with Gasteiger partial charge in [-0.15, -0.1) is 0 Å². The minimum Gasteiger partial charge on any atom is -0.459 e. The number of rotatable bonds is 8. The van der Waals surface area contributed by atoms with Gasteiger partial charge in [0.1, 0.15) is 35.4 Å². The highest BCUT2D eigenvalue weighted by atomic mass is 32.2. The largest absolute Gasteiger partial charge is 0.459 e. The molecule has 0 aromatic rings. The molecular weight excluding hydrogens is 506 g/mol. The van der Waals surface area contributed by atoms with Gasteiger partial charge in [0.25, 0.3) is 5.24 Å². The molecular formula is C24H39N3O9S. The molecule has 0 aromatic heterocycles. The number of amides is 4. The molecule has 0 bridgehead atoms. The van der Waals surface area contributed by atoms with Gasteiger partial charge in [0.2, 0.25) is 11.8 Å². The molecule has 1 saturated heterocycles. The summed E-state index contributed by atoms with van der Waals surface area (Å²) in [5.74, 6) is -2.83. The predicted molar refractivity (Wildman–Crippen MR) is 136 cm³/mol. The van der Waals surface area contributed by atoms with Crippen molar-refractivity contribution in [3.63, 3.8) is 0 Å². The number of hydrogen-bond acceptors (Lipinski definition) is 10. The van der Waals surface area contributed by atoms with Crippen molar-refractivity contribution in [2.75, 3.05) is 12.3 Å². The summed E-state index contributed by atoms with van der Waals surface area (Å²) in [6.45, 7) is 14.6. The standard InChI is InChI=1S/C24H39N3O9S/c1-22(2,3)34-17(29)12-25-18(30)15-13-37-21(33)27(15)16(28)11-10-14(19(31)35-23(4,5)6)26-20(32)36-24(7,8)9/h14-15H,10-13H2,1-9H3,(H,25,30)(H,26,32)/t14-,15-/m0/s1. The lowest BCUT2D eigenvalue weighted by Crippen LogP contribution is -2.50. The van der Waals surface area contributed by atoms with Crippen LogP contribution in [0.5, 0.6) is 0 Å². The SMILES string of the molecule is CC(C)(C)OC(=O)CNC(=O)[C@@H]1CSC(=O)N1C(=O)CC[C@H](NC(=O)OC(C)(C)C)C(=O)OC(C)(C)C. The summed E-state index contributed by atoms with van der Waals surface area (Å²) >= 11 is 0.788. The quantitative estimate of drug-likeness (QED) is 0.343. The molecule has 0 aromatic carbocycles. The van der Waals surface area contributed by atoms with Crippen LogP contribution in [0.15, 0.2) is 0 Å². The zero-order valence-corrected chi connectivity index (χ0v) is 23.8. The molecule has 0 spiro atoms. The zero-order valence-electron chi connectivity index (χ0n) is 23.0. The number of nitrogens with zero attached hydrogens (tertiary/aromatic N) is 1. The normalized spacial score (nSPS) is 17.1. The average molecular weight is 546 g/mol. The van der Waals surface area contributed by atoms with E-state index in [1.807, 2.05) is 0 Å². The molecule has 12 nitrogen and oxygen atoms in total. The van der Waals surface area contributed by atoms with Crippen LogP contribution in [0.1, 0.15) is 75.2 Å². The van der Waals surface area contributed by atoms with E-state index < -0.39 is 70.5 Å². The van der Waals surface area contributed by atoms with Crippen LogP contribution < -0.4 is 10.6 Å². The number of alkyl carbamates (subject to hydrolysis) is 1. The molecule has 0 radical (unpaired) electrons. The number of carbonyl (C=O) groups is 6. The predicted octanol–water partition coefficient (Wildman–Crippen LogP) is 2.52. The van der Waals surface area contributed by atoms with Gasteiger partial charge < -0.3 is 24.8 Å². The Morgan fingerprint density at radius 1 is 0.919 bits per heavy atom. The topological polar surface area (TPSA) is 157 Å². The van der Waals surface area contributed by atoms with Crippen molar-refractivity contribution in [3.05, 3.63) is 0 Å². The first-order chi connectivity index (χ1) is 16.7. The molecule has 4 amide bonds. The fourth-order valence-electron chi connectivity index (χ4n) is 3.00. The van der Waals surface area contributed by atoms with E-state index in [2.05, 4.69) is 10.6 Å². The molecule has 1 fully saturated rings. The monoisotopic (exact) mass is 545 g/mol. The first-order valence-corrected chi connectivity index (χ1v) is 12.9. The third kappa shape index (κ3) is 12.3. The summed E-state index contributed by atoms with van der Waals surface area (Å²) in [4.78, 5) is 75.6. The number of thioether (sulfide) groups is 1. The minimum absolute atomic E-state index is 0.0103. The number of carbonyl (C=O) groups excluding carboxylic acids is 6. The van der Waals surface area contributed by atoms with Crippen LogP contribution in [0, 0.1) is 0 Å². The number of hydrogen-bond donors (Lipinski definition) is 2. The van der Waals surface area contributed by atoms with Crippen molar-refractivity contribution < 1.29 is 43.0 Å². The maximum atomic E-state index is 12.9. The van der Waals surface area contributed by atoms with E-state index in [-0.39, 0.29) is 18.6 Å². The van der Waals surface area contributed by atoms with Crippen molar-refractivity contribution in [2.45, 2.75) is 104 Å². The van der Waals surface area contributed by atoms with E-state index in [0.717, 1.165) is 16.7 Å². The second kappa shape index (κ2) is 12.6. The zero-order chi connectivity index (χ0) is 28.8. The van der Waals surface area contributed by atoms with Gasteiger partial charge in [-0.25, -0.2) is 9.59 Å². The van der Waals surface area contributed by atoms with Gasteiger partial charge in [0, 0.05) is 12.2 Å². The van der Waals surface area contributed by atoms with Gasteiger partial charge in [-0.2, -0.15) is 0 Å². The average Bonchev–Trinajstić information content (AvgIpc) is 3.06. The molecule has 1 aliphatic rings. The Kier molecular flexibility index (Phi) is 11.0. The van der Waals surface area contributed by atoms with Crippen LogP contribution in [0.2, 0.25) is 0 Å². The van der Waals surface area contributed by atoms with Crippen molar-refractivity contribution in [3.8, 4) is 0 Å². The minimum atomic E-state index is -1.23. The van der Waals surface area contributed by atoms with E-state index in [4.69, 9.17) is 14.2 Å². The van der Waals surface area contributed by atoms with E-state index in [9.17, 15) is 28.8 Å². The van der Waals surface area contributed by atoms with Crippen LogP contribution in [-0.4, -0.2) is 81.2 Å². The summed E-state index contributed by atoms with van der Waals surface area (Å²) in [6, 6.07) is -2.37. The number of nitrogens with one attached hydrogen (secondary N) is 2. The molecule has 2 atom stereocenters. The second-order valence-electron chi connectivity index (χ2n) is 11.4. The van der Waals surface area contributed by atoms with Crippen LogP contribution in [0.4, 0.5) is 9.59 Å². The fourth-order valence-corrected chi connectivity index (χ4v) is 3.97. The Balaban J connectivity index is 2.87. The highest BCUT2D eigenvalue weighted by molar-refractivity contribution is 8.14. The molecule has 1 heterocycles. The second-order valence-corrected chi connectivity index (χ2v) is 12.4. The Hall–Kier alpha value is -2.83. The van der Waals surface area contributed by atoms with Crippen LogP contribution in [0.25, 0.3) is 0 Å². The van der Waals surface area contributed by atoms with E-state index in [1.165, 1.54) is 0 Å². The van der Waals surface area contributed by atoms with Crippen molar-refractivity contribution in [1.82, 2.24) is 15.5 Å². The molecule has 210 valence electrons. The van der Waals surface area contributed by atoms with Gasteiger partial charge in [-0.1, -0.05) is 11.8 Å². The van der Waals surface area contributed by atoms with Gasteiger partial charge in [0.15, 0.2) is 0 Å². The highest BCUT2D eigenvalue weighted by Gasteiger charge is 2.41. The lowest BCUT2D eigenvalue weighted by Gasteiger charge is -2.27. The molecule has 1 rings (SSSR count). The molecule has 13 heteroatoms. The van der Waals surface area contributed by atoms with E-state index in [1.54, 1.807) is 62.3 Å². The van der Waals surface area contributed by atoms with Gasteiger partial charge >= 0.3 is 18.0 Å². The van der Waals surface area contributed by atoms with Gasteiger partial charge in [0.05, 0.1) is 0 Å². The maximum absolute atomic E-state index is 12.9. The third-order valence-electron chi connectivity index (χ3n) is 4.30. The van der Waals surface area contributed by atoms with Gasteiger partial charge in [-0.3, -0.25) is 24.1 Å². The number of ether oxygens (including phenoxy) is 3. The Morgan fingerprint density at radius 2 is 1.46 bits per heavy atom. The molecule has 0 aliphatic carbocycles. The summed E-state index contributed by atoms with van der Waals surface area (Å²) in [6.07, 6.45) is -1.42. The first-order valence-electron chi connectivity index (χ1n) is 11.9. The van der Waals surface area contributed by atoms with Crippen LogP contribution in [0.3, 0.4) is 0 Å². The third-order valence-corrected chi connectivity index (χ3v) is 5.23. The van der Waals surface area contributed by atoms with Crippen molar-refractivity contribution >= 4 is 46.8 Å². The molecule has 0 unspecified atom stereocenters. The summed E-state index contributed by atoms with van der Waals surface area (Å²) < 4.78 is 15.7. The Morgan fingerprint density at radius 3 is 1.97 bits per heavy atom. The van der Waals surface area contributed by atoms with Crippen molar-refractivity contribution in [1.29, 1.82) is 0 Å². The Bertz CT molecular complexity index is 901. The summed E-state index contributed by atoms with van der Waals surface area (Å²) in [7, 11) is 0. The van der Waals surface area contributed by atoms with Gasteiger partial charge in [-0.05, 0) is 68.7 Å².